The molecule has 1 saturated heterocycles. The first-order valence-corrected chi connectivity index (χ1v) is 14.7. The molecular formula is C29H31ClFO5P. The topological polar surface area (TPSA) is 65.0 Å². The lowest BCUT2D eigenvalue weighted by molar-refractivity contribution is 0.0725. The van der Waals surface area contributed by atoms with E-state index in [0.717, 1.165) is 40.7 Å². The Morgan fingerprint density at radius 3 is 2.73 bits per heavy atom. The number of phenolic OH excluding ortho intramolecular Hbond substituents is 1. The molecule has 0 unspecified atom stereocenters. The molecule has 1 aliphatic carbocycles. The lowest BCUT2D eigenvalue weighted by Gasteiger charge is -2.30. The molecule has 1 aliphatic heterocycles. The van der Waals surface area contributed by atoms with Crippen LogP contribution in [0.3, 0.4) is 0 Å². The standard InChI is InChI=1S/C29H31ClFO5P/c1-17(2)25-14-21(15-26(31)29(25)32)24-8-7-20-13-23(11-18(3)28(20)24)34-16-37(33)35-10-9-27(36-37)19-5-4-6-22(30)12-19/h4-6,11-15,17,24,27,32H,7-10,16H2,1-3H3/t24-,27-,37-/m0/s1. The van der Waals surface area contributed by atoms with Crippen molar-refractivity contribution in [3.05, 3.63) is 92.8 Å². The number of benzene rings is 3. The van der Waals surface area contributed by atoms with Gasteiger partial charge in [0.1, 0.15) is 5.75 Å². The highest BCUT2D eigenvalue weighted by Crippen LogP contribution is 2.56. The third kappa shape index (κ3) is 5.44. The summed E-state index contributed by atoms with van der Waals surface area (Å²) in [4.78, 5) is 0. The molecule has 5 nitrogen and oxygen atoms in total. The van der Waals surface area contributed by atoms with E-state index < -0.39 is 13.4 Å². The van der Waals surface area contributed by atoms with Gasteiger partial charge in [0, 0.05) is 17.4 Å². The largest absolute Gasteiger partial charge is 0.505 e. The van der Waals surface area contributed by atoms with Crippen molar-refractivity contribution in [3.63, 3.8) is 0 Å². The maximum atomic E-state index is 14.5. The quantitative estimate of drug-likeness (QED) is 0.316. The fraction of sp³-hybridized carbons (Fsp3) is 0.379. The molecule has 3 aromatic carbocycles. The number of hydrogen-bond acceptors (Lipinski definition) is 5. The van der Waals surface area contributed by atoms with Crippen molar-refractivity contribution in [1.29, 1.82) is 0 Å². The van der Waals surface area contributed by atoms with Crippen LogP contribution >= 0.6 is 19.2 Å². The average Bonchev–Trinajstić information content (AvgIpc) is 3.29. The van der Waals surface area contributed by atoms with E-state index >= 15 is 0 Å². The van der Waals surface area contributed by atoms with Crippen molar-refractivity contribution in [2.45, 2.75) is 58.0 Å². The van der Waals surface area contributed by atoms with Gasteiger partial charge in [0.25, 0.3) is 0 Å². The molecule has 0 spiro atoms. The molecule has 0 saturated carbocycles. The molecule has 0 radical (unpaired) electrons. The third-order valence-electron chi connectivity index (χ3n) is 7.20. The zero-order valence-electron chi connectivity index (χ0n) is 21.2. The van der Waals surface area contributed by atoms with Gasteiger partial charge in [0.05, 0.1) is 12.7 Å². The second-order valence-corrected chi connectivity index (χ2v) is 12.5. The Kier molecular flexibility index (Phi) is 7.39. The number of ether oxygens (including phenoxy) is 1. The van der Waals surface area contributed by atoms with Gasteiger partial charge >= 0.3 is 7.60 Å². The van der Waals surface area contributed by atoms with Crippen LogP contribution in [0, 0.1) is 12.7 Å². The van der Waals surface area contributed by atoms with Gasteiger partial charge in [-0.15, -0.1) is 0 Å². The monoisotopic (exact) mass is 544 g/mol. The molecule has 8 heteroatoms. The summed E-state index contributed by atoms with van der Waals surface area (Å²) < 4.78 is 45.2. The Morgan fingerprint density at radius 2 is 1.97 bits per heavy atom. The molecule has 3 atom stereocenters. The van der Waals surface area contributed by atoms with Gasteiger partial charge in [-0.3, -0.25) is 9.09 Å². The third-order valence-corrected chi connectivity index (χ3v) is 9.03. The molecule has 37 heavy (non-hydrogen) atoms. The fourth-order valence-corrected chi connectivity index (χ4v) is 7.12. The maximum absolute atomic E-state index is 14.5. The Morgan fingerprint density at radius 1 is 1.16 bits per heavy atom. The molecule has 1 N–H and O–H groups in total. The minimum Gasteiger partial charge on any atom is -0.505 e. The van der Waals surface area contributed by atoms with Gasteiger partial charge in [-0.2, -0.15) is 0 Å². The van der Waals surface area contributed by atoms with Crippen molar-refractivity contribution in [2.24, 2.45) is 0 Å². The van der Waals surface area contributed by atoms with Gasteiger partial charge in [-0.25, -0.2) is 4.39 Å². The Bertz CT molecular complexity index is 1370. The number of aryl methyl sites for hydroxylation is 2. The molecular weight excluding hydrogens is 514 g/mol. The van der Waals surface area contributed by atoms with Crippen molar-refractivity contribution >= 4 is 19.2 Å². The van der Waals surface area contributed by atoms with E-state index in [0.29, 0.717) is 29.4 Å². The summed E-state index contributed by atoms with van der Waals surface area (Å²) in [7, 11) is -3.47. The summed E-state index contributed by atoms with van der Waals surface area (Å²) in [6, 6.07) is 14.6. The zero-order valence-corrected chi connectivity index (χ0v) is 22.8. The van der Waals surface area contributed by atoms with E-state index in [2.05, 4.69) is 0 Å². The SMILES string of the molecule is Cc1cc(OC[P@]2(=O)OCC[C@@H](c3cccc(Cl)c3)O2)cc2c1[C@H](c1cc(F)c(O)c(C(C)C)c1)CC2. The van der Waals surface area contributed by atoms with Crippen LogP contribution in [0.1, 0.15) is 78.0 Å². The molecule has 0 bridgehead atoms. The number of aromatic hydroxyl groups is 1. The van der Waals surface area contributed by atoms with Crippen molar-refractivity contribution < 1.29 is 27.8 Å². The van der Waals surface area contributed by atoms with E-state index in [-0.39, 0.29) is 30.0 Å². The van der Waals surface area contributed by atoms with Gasteiger partial charge < -0.3 is 14.4 Å². The van der Waals surface area contributed by atoms with Crippen molar-refractivity contribution in [1.82, 2.24) is 0 Å². The Hall–Kier alpha value is -2.37. The highest BCUT2D eigenvalue weighted by atomic mass is 35.5. The second-order valence-electron chi connectivity index (χ2n) is 10.2. The summed E-state index contributed by atoms with van der Waals surface area (Å²) in [5.74, 6) is -0.197. The first-order chi connectivity index (χ1) is 17.6. The molecule has 5 rings (SSSR count). The molecule has 1 fully saturated rings. The molecule has 3 aromatic rings. The van der Waals surface area contributed by atoms with Crippen molar-refractivity contribution in [2.75, 3.05) is 13.0 Å². The van der Waals surface area contributed by atoms with Gasteiger partial charge in [-0.05, 0) is 89.4 Å². The lowest BCUT2D eigenvalue weighted by atomic mass is 9.87. The normalized spacial score (nSPS) is 23.3. The van der Waals surface area contributed by atoms with Crippen LogP contribution < -0.4 is 4.74 Å². The first kappa shape index (κ1) is 26.2. The first-order valence-electron chi connectivity index (χ1n) is 12.6. The number of fused-ring (bicyclic) bond motifs is 1. The highest BCUT2D eigenvalue weighted by Gasteiger charge is 2.36. The van der Waals surface area contributed by atoms with Gasteiger partial charge in [0.2, 0.25) is 0 Å². The summed E-state index contributed by atoms with van der Waals surface area (Å²) in [6.45, 7) is 6.20. The number of phenols is 1. The maximum Gasteiger partial charge on any atom is 0.368 e. The Labute approximate surface area is 222 Å². The minimum atomic E-state index is -3.47. The van der Waals surface area contributed by atoms with Crippen LogP contribution in [-0.2, 0) is 20.0 Å². The predicted molar refractivity (Wildman–Crippen MR) is 142 cm³/mol. The number of halogens is 2. The predicted octanol–water partition coefficient (Wildman–Crippen LogP) is 8.40. The second kappa shape index (κ2) is 10.4. The van der Waals surface area contributed by atoms with Crippen LogP contribution in [0.15, 0.2) is 48.5 Å². The molecule has 196 valence electrons. The van der Waals surface area contributed by atoms with Crippen LogP contribution in [0.25, 0.3) is 0 Å². The summed E-state index contributed by atoms with van der Waals surface area (Å²) >= 11 is 6.11. The van der Waals surface area contributed by atoms with E-state index in [1.165, 1.54) is 6.07 Å². The lowest BCUT2D eigenvalue weighted by Crippen LogP contribution is -2.17. The Balaban J connectivity index is 1.33. The number of hydrogen-bond donors (Lipinski definition) is 1. The molecule has 0 aromatic heterocycles. The van der Waals surface area contributed by atoms with Crippen LogP contribution in [0.2, 0.25) is 5.02 Å². The van der Waals surface area contributed by atoms with Crippen LogP contribution in [0.5, 0.6) is 11.5 Å². The molecule has 1 heterocycles. The minimum absolute atomic E-state index is 0.0117. The molecule has 0 amide bonds. The summed E-state index contributed by atoms with van der Waals surface area (Å²) in [5, 5.41) is 10.8. The van der Waals surface area contributed by atoms with E-state index in [1.807, 2.05) is 57.2 Å². The van der Waals surface area contributed by atoms with Crippen LogP contribution in [-0.4, -0.2) is 18.1 Å². The fourth-order valence-electron chi connectivity index (χ4n) is 5.42. The smallest absolute Gasteiger partial charge is 0.368 e. The summed E-state index contributed by atoms with van der Waals surface area (Å²) in [6.07, 6.45) is 1.69. The zero-order chi connectivity index (χ0) is 26.3. The molecule has 2 aliphatic rings. The number of rotatable bonds is 6. The van der Waals surface area contributed by atoms with Gasteiger partial charge in [-0.1, -0.05) is 43.6 Å². The summed E-state index contributed by atoms with van der Waals surface area (Å²) in [5.41, 5.74) is 5.66. The van der Waals surface area contributed by atoms with E-state index in [9.17, 15) is 14.1 Å². The van der Waals surface area contributed by atoms with Gasteiger partial charge in [0.15, 0.2) is 17.9 Å². The average molecular weight is 545 g/mol. The van der Waals surface area contributed by atoms with E-state index in [4.69, 9.17) is 25.4 Å². The highest BCUT2D eigenvalue weighted by molar-refractivity contribution is 7.53. The van der Waals surface area contributed by atoms with E-state index in [1.54, 1.807) is 6.07 Å². The van der Waals surface area contributed by atoms with Crippen molar-refractivity contribution in [3.8, 4) is 11.5 Å². The van der Waals surface area contributed by atoms with Crippen LogP contribution in [0.4, 0.5) is 4.39 Å².